The minimum absolute atomic E-state index is 0.0620. The number of hydrogen-bond acceptors (Lipinski definition) is 4. The van der Waals surface area contributed by atoms with Crippen molar-refractivity contribution in [3.63, 3.8) is 0 Å². The van der Waals surface area contributed by atoms with Gasteiger partial charge in [0.15, 0.2) is 0 Å². The van der Waals surface area contributed by atoms with Gasteiger partial charge in [0.05, 0.1) is 6.54 Å². The molecule has 0 saturated heterocycles. The molecule has 108 valence electrons. The van der Waals surface area contributed by atoms with E-state index in [4.69, 9.17) is 5.11 Å². The molecular formula is C15H16N4O2. The van der Waals surface area contributed by atoms with Crippen molar-refractivity contribution in [1.29, 1.82) is 0 Å². The lowest BCUT2D eigenvalue weighted by atomic mass is 10.2. The standard InChI is InChI=1S/C15H16N4O2/c1-12(11-19-8-3-7-17-19)18-15(21)14-6-5-13(10-16-14)4-2-9-20/h3,5-8,10,12,20H,9,11H2,1H3,(H,18,21). The summed E-state index contributed by atoms with van der Waals surface area (Å²) >= 11 is 0. The predicted molar refractivity (Wildman–Crippen MR) is 77.4 cm³/mol. The first-order chi connectivity index (χ1) is 10.2. The maximum Gasteiger partial charge on any atom is 0.270 e. The highest BCUT2D eigenvalue weighted by Crippen LogP contribution is 2.00. The topological polar surface area (TPSA) is 80.0 Å². The molecular weight excluding hydrogens is 268 g/mol. The van der Waals surface area contributed by atoms with Crippen LogP contribution in [0.15, 0.2) is 36.8 Å². The molecule has 0 aliphatic carbocycles. The van der Waals surface area contributed by atoms with Crippen molar-refractivity contribution in [2.24, 2.45) is 0 Å². The van der Waals surface area contributed by atoms with Crippen LogP contribution in [0, 0.1) is 11.8 Å². The van der Waals surface area contributed by atoms with Crippen LogP contribution >= 0.6 is 0 Å². The number of rotatable bonds is 4. The lowest BCUT2D eigenvalue weighted by Gasteiger charge is -2.13. The Morgan fingerprint density at radius 1 is 1.52 bits per heavy atom. The molecule has 0 bridgehead atoms. The summed E-state index contributed by atoms with van der Waals surface area (Å²) in [4.78, 5) is 16.1. The summed E-state index contributed by atoms with van der Waals surface area (Å²) in [6.07, 6.45) is 5.05. The predicted octanol–water partition coefficient (Wildman–Crippen LogP) is 0.440. The van der Waals surface area contributed by atoms with Crippen LogP contribution < -0.4 is 5.32 Å². The van der Waals surface area contributed by atoms with E-state index in [0.29, 0.717) is 17.8 Å². The van der Waals surface area contributed by atoms with Gasteiger partial charge in [0.1, 0.15) is 12.3 Å². The van der Waals surface area contributed by atoms with Gasteiger partial charge in [0, 0.05) is 30.2 Å². The fourth-order valence-corrected chi connectivity index (χ4v) is 1.78. The van der Waals surface area contributed by atoms with Gasteiger partial charge in [-0.2, -0.15) is 5.10 Å². The van der Waals surface area contributed by atoms with Gasteiger partial charge in [-0.05, 0) is 25.1 Å². The fourth-order valence-electron chi connectivity index (χ4n) is 1.78. The van der Waals surface area contributed by atoms with E-state index in [1.165, 1.54) is 6.20 Å². The Balaban J connectivity index is 1.93. The summed E-state index contributed by atoms with van der Waals surface area (Å²) in [5.74, 6) is 5.01. The van der Waals surface area contributed by atoms with E-state index in [2.05, 4.69) is 27.2 Å². The Morgan fingerprint density at radius 2 is 2.38 bits per heavy atom. The molecule has 6 nitrogen and oxygen atoms in total. The highest BCUT2D eigenvalue weighted by Gasteiger charge is 2.11. The number of hydrogen-bond donors (Lipinski definition) is 2. The highest BCUT2D eigenvalue weighted by atomic mass is 16.2. The van der Waals surface area contributed by atoms with E-state index in [1.54, 1.807) is 23.0 Å². The van der Waals surface area contributed by atoms with Crippen molar-refractivity contribution in [3.8, 4) is 11.8 Å². The van der Waals surface area contributed by atoms with Gasteiger partial charge in [-0.3, -0.25) is 9.48 Å². The summed E-state index contributed by atoms with van der Waals surface area (Å²) in [6.45, 7) is 2.30. The lowest BCUT2D eigenvalue weighted by molar-refractivity contribution is 0.0931. The zero-order valence-corrected chi connectivity index (χ0v) is 11.7. The second-order valence-corrected chi connectivity index (χ2v) is 4.49. The number of aliphatic hydroxyl groups excluding tert-OH is 1. The van der Waals surface area contributed by atoms with Crippen LogP contribution in [-0.2, 0) is 6.54 Å². The third-order valence-corrected chi connectivity index (χ3v) is 2.71. The van der Waals surface area contributed by atoms with E-state index < -0.39 is 0 Å². The van der Waals surface area contributed by atoms with Crippen molar-refractivity contribution >= 4 is 5.91 Å². The average molecular weight is 284 g/mol. The summed E-state index contributed by atoms with van der Waals surface area (Å²) in [7, 11) is 0. The Kier molecular flexibility index (Phi) is 5.07. The molecule has 1 unspecified atom stereocenters. The van der Waals surface area contributed by atoms with Crippen LogP contribution in [0.1, 0.15) is 23.0 Å². The van der Waals surface area contributed by atoms with Crippen LogP contribution in [0.5, 0.6) is 0 Å². The Hall–Kier alpha value is -2.65. The molecule has 0 saturated carbocycles. The summed E-state index contributed by atoms with van der Waals surface area (Å²) in [5, 5.41) is 15.6. The molecule has 0 aliphatic heterocycles. The van der Waals surface area contributed by atoms with E-state index >= 15 is 0 Å². The van der Waals surface area contributed by atoms with Crippen LogP contribution in [0.2, 0.25) is 0 Å². The number of nitrogens with one attached hydrogen (secondary N) is 1. The monoisotopic (exact) mass is 284 g/mol. The Bertz CT molecular complexity index is 639. The van der Waals surface area contributed by atoms with E-state index in [9.17, 15) is 4.79 Å². The number of carbonyl (C=O) groups excluding carboxylic acids is 1. The number of aromatic nitrogens is 3. The zero-order valence-electron chi connectivity index (χ0n) is 11.7. The van der Waals surface area contributed by atoms with Crippen LogP contribution in [-0.4, -0.2) is 38.4 Å². The normalized spacial score (nSPS) is 11.3. The number of amides is 1. The number of nitrogens with zero attached hydrogens (tertiary/aromatic N) is 3. The molecule has 2 N–H and O–H groups in total. The molecule has 0 aromatic carbocycles. The van der Waals surface area contributed by atoms with Gasteiger partial charge in [-0.15, -0.1) is 0 Å². The van der Waals surface area contributed by atoms with Gasteiger partial charge >= 0.3 is 0 Å². The highest BCUT2D eigenvalue weighted by molar-refractivity contribution is 5.92. The van der Waals surface area contributed by atoms with E-state index in [1.807, 2.05) is 19.2 Å². The fraction of sp³-hybridized carbons (Fsp3) is 0.267. The minimum atomic E-state index is -0.240. The second-order valence-electron chi connectivity index (χ2n) is 4.49. The molecule has 1 atom stereocenters. The first kappa shape index (κ1) is 14.8. The molecule has 2 aromatic rings. The molecule has 2 heterocycles. The molecule has 2 aromatic heterocycles. The maximum absolute atomic E-state index is 12.0. The first-order valence-corrected chi connectivity index (χ1v) is 6.53. The molecule has 21 heavy (non-hydrogen) atoms. The second kappa shape index (κ2) is 7.22. The lowest BCUT2D eigenvalue weighted by Crippen LogP contribution is -2.36. The molecule has 0 aliphatic rings. The number of aliphatic hydroxyl groups is 1. The van der Waals surface area contributed by atoms with Crippen molar-refractivity contribution in [3.05, 3.63) is 48.0 Å². The molecule has 1 amide bonds. The largest absolute Gasteiger partial charge is 0.384 e. The zero-order chi connectivity index (χ0) is 15.1. The molecule has 0 fully saturated rings. The first-order valence-electron chi connectivity index (χ1n) is 6.53. The Morgan fingerprint density at radius 3 is 3.00 bits per heavy atom. The van der Waals surface area contributed by atoms with Crippen molar-refractivity contribution in [2.75, 3.05) is 6.61 Å². The Labute approximate surface area is 122 Å². The van der Waals surface area contributed by atoms with E-state index in [-0.39, 0.29) is 18.6 Å². The number of carbonyl (C=O) groups is 1. The van der Waals surface area contributed by atoms with Crippen molar-refractivity contribution in [2.45, 2.75) is 19.5 Å². The molecule has 0 radical (unpaired) electrons. The average Bonchev–Trinajstić information content (AvgIpc) is 2.98. The molecule has 6 heteroatoms. The SMILES string of the molecule is CC(Cn1cccn1)NC(=O)c1ccc(C#CCO)cn1. The quantitative estimate of drug-likeness (QED) is 0.798. The van der Waals surface area contributed by atoms with Crippen LogP contribution in [0.4, 0.5) is 0 Å². The summed E-state index contributed by atoms with van der Waals surface area (Å²) in [5.41, 5.74) is 0.988. The third kappa shape index (κ3) is 4.44. The van der Waals surface area contributed by atoms with Gasteiger partial charge in [-0.1, -0.05) is 11.8 Å². The minimum Gasteiger partial charge on any atom is -0.384 e. The maximum atomic E-state index is 12.0. The van der Waals surface area contributed by atoms with Gasteiger partial charge < -0.3 is 10.4 Å². The summed E-state index contributed by atoms with van der Waals surface area (Å²) in [6, 6.07) is 5.08. The summed E-state index contributed by atoms with van der Waals surface area (Å²) < 4.78 is 1.76. The van der Waals surface area contributed by atoms with Gasteiger partial charge in [-0.25, -0.2) is 4.98 Å². The third-order valence-electron chi connectivity index (χ3n) is 2.71. The van der Waals surface area contributed by atoms with Crippen LogP contribution in [0.3, 0.4) is 0 Å². The van der Waals surface area contributed by atoms with Gasteiger partial charge in [0.2, 0.25) is 0 Å². The van der Waals surface area contributed by atoms with Crippen molar-refractivity contribution in [1.82, 2.24) is 20.1 Å². The molecule has 0 spiro atoms. The van der Waals surface area contributed by atoms with Crippen molar-refractivity contribution < 1.29 is 9.90 Å². The smallest absolute Gasteiger partial charge is 0.270 e. The molecule has 2 rings (SSSR count). The van der Waals surface area contributed by atoms with Gasteiger partial charge in [0.25, 0.3) is 5.91 Å². The van der Waals surface area contributed by atoms with Crippen LogP contribution in [0.25, 0.3) is 0 Å². The van der Waals surface area contributed by atoms with E-state index in [0.717, 1.165) is 0 Å². The number of pyridine rings is 1.